The van der Waals surface area contributed by atoms with E-state index in [4.69, 9.17) is 4.74 Å². The van der Waals surface area contributed by atoms with E-state index in [-0.39, 0.29) is 29.9 Å². The van der Waals surface area contributed by atoms with Gasteiger partial charge in [0.05, 0.1) is 7.11 Å². The Labute approximate surface area is 192 Å². The molecule has 1 fully saturated rings. The van der Waals surface area contributed by atoms with E-state index in [1.54, 1.807) is 38.4 Å². The number of hydrogen-bond donors (Lipinski definition) is 3. The second-order valence-corrected chi connectivity index (χ2v) is 7.02. The molecule has 2 rings (SSSR count). The molecule has 8 heteroatoms. The van der Waals surface area contributed by atoms with Crippen LogP contribution in [0.1, 0.15) is 42.5 Å². The number of amides is 1. The van der Waals surface area contributed by atoms with Gasteiger partial charge in [0.25, 0.3) is 5.91 Å². The average molecular weight is 517 g/mol. The van der Waals surface area contributed by atoms with Crippen LogP contribution >= 0.6 is 24.0 Å². The lowest BCUT2D eigenvalue weighted by Crippen LogP contribution is -2.42. The Morgan fingerprint density at radius 2 is 1.62 bits per heavy atom. The van der Waals surface area contributed by atoms with Gasteiger partial charge in [-0.05, 0) is 63.2 Å². The van der Waals surface area contributed by atoms with Crippen molar-refractivity contribution in [3.8, 4) is 5.75 Å². The van der Waals surface area contributed by atoms with Gasteiger partial charge in [0.2, 0.25) is 0 Å². The van der Waals surface area contributed by atoms with Gasteiger partial charge >= 0.3 is 0 Å². The van der Waals surface area contributed by atoms with Gasteiger partial charge in [-0.3, -0.25) is 9.79 Å². The van der Waals surface area contributed by atoms with Gasteiger partial charge in [0, 0.05) is 32.2 Å². The third-order valence-electron chi connectivity index (χ3n) is 4.92. The lowest BCUT2D eigenvalue weighted by molar-refractivity contribution is 0.0954. The number of hydrogen-bond acceptors (Lipinski definition) is 4. The summed E-state index contributed by atoms with van der Waals surface area (Å²) >= 11 is 0. The summed E-state index contributed by atoms with van der Waals surface area (Å²) in [6.07, 6.45) is 6.52. The molecule has 164 valence electrons. The number of methoxy groups -OCH3 is 1. The molecule has 0 bridgehead atoms. The molecule has 29 heavy (non-hydrogen) atoms. The molecule has 0 aromatic heterocycles. The first kappa shape index (κ1) is 25.5. The maximum atomic E-state index is 12.1. The molecule has 0 atom stereocenters. The first-order valence-corrected chi connectivity index (χ1v) is 10.3. The van der Waals surface area contributed by atoms with Crippen molar-refractivity contribution in [1.29, 1.82) is 0 Å². The van der Waals surface area contributed by atoms with Gasteiger partial charge in [-0.2, -0.15) is 0 Å². The molecule has 0 saturated carbocycles. The van der Waals surface area contributed by atoms with Crippen LogP contribution in [0, 0.1) is 0 Å². The van der Waals surface area contributed by atoms with E-state index in [1.165, 1.54) is 38.8 Å². The van der Waals surface area contributed by atoms with Gasteiger partial charge in [-0.15, -0.1) is 24.0 Å². The fraction of sp³-hybridized carbons (Fsp3) is 0.619. The highest BCUT2D eigenvalue weighted by molar-refractivity contribution is 14.0. The van der Waals surface area contributed by atoms with Crippen LogP contribution in [0.4, 0.5) is 0 Å². The van der Waals surface area contributed by atoms with Crippen molar-refractivity contribution in [2.45, 2.75) is 32.1 Å². The summed E-state index contributed by atoms with van der Waals surface area (Å²) < 4.78 is 5.10. The lowest BCUT2D eigenvalue weighted by atomic mass is 10.2. The van der Waals surface area contributed by atoms with Crippen molar-refractivity contribution in [2.24, 2.45) is 4.99 Å². The monoisotopic (exact) mass is 517 g/mol. The zero-order valence-corrected chi connectivity index (χ0v) is 20.0. The van der Waals surface area contributed by atoms with Gasteiger partial charge < -0.3 is 25.6 Å². The number of carbonyl (C=O) groups is 1. The van der Waals surface area contributed by atoms with Crippen molar-refractivity contribution >= 4 is 35.8 Å². The van der Waals surface area contributed by atoms with Crippen molar-refractivity contribution in [3.05, 3.63) is 29.8 Å². The second kappa shape index (κ2) is 15.3. The van der Waals surface area contributed by atoms with Crippen molar-refractivity contribution < 1.29 is 9.53 Å². The number of nitrogens with zero attached hydrogens (tertiary/aromatic N) is 2. The number of halogens is 1. The van der Waals surface area contributed by atoms with Gasteiger partial charge in [-0.25, -0.2) is 0 Å². The molecule has 1 aromatic rings. The number of carbonyl (C=O) groups excluding carboxylic acids is 1. The molecule has 7 nitrogen and oxygen atoms in total. The predicted octanol–water partition coefficient (Wildman–Crippen LogP) is 2.47. The molecule has 1 amide bonds. The normalized spacial score (nSPS) is 15.0. The SMILES string of the molecule is CN=C(NCCCN1CCCCCC1)NCCNC(=O)c1ccc(OC)cc1.I. The summed E-state index contributed by atoms with van der Waals surface area (Å²) in [5.74, 6) is 1.42. The average Bonchev–Trinajstić information content (AvgIpc) is 3.01. The Kier molecular flexibility index (Phi) is 13.5. The molecule has 3 N–H and O–H groups in total. The maximum Gasteiger partial charge on any atom is 0.251 e. The van der Waals surface area contributed by atoms with Crippen molar-refractivity contribution in [3.63, 3.8) is 0 Å². The Bertz CT molecular complexity index is 602. The highest BCUT2D eigenvalue weighted by Crippen LogP contribution is 2.11. The van der Waals surface area contributed by atoms with Crippen LogP contribution in [0.25, 0.3) is 0 Å². The van der Waals surface area contributed by atoms with Crippen molar-refractivity contribution in [1.82, 2.24) is 20.9 Å². The lowest BCUT2D eigenvalue weighted by Gasteiger charge is -2.20. The van der Waals surface area contributed by atoms with Crippen LogP contribution in [0.5, 0.6) is 5.75 Å². The molecule has 1 aliphatic heterocycles. The molecule has 0 unspecified atom stereocenters. The van der Waals surface area contributed by atoms with E-state index in [0.29, 0.717) is 18.7 Å². The second-order valence-electron chi connectivity index (χ2n) is 7.02. The molecular weight excluding hydrogens is 481 g/mol. The highest BCUT2D eigenvalue weighted by atomic mass is 127. The highest BCUT2D eigenvalue weighted by Gasteiger charge is 2.08. The fourth-order valence-electron chi connectivity index (χ4n) is 3.29. The van der Waals surface area contributed by atoms with E-state index in [9.17, 15) is 4.79 Å². The van der Waals surface area contributed by atoms with E-state index in [0.717, 1.165) is 31.2 Å². The molecular formula is C21H36IN5O2. The van der Waals surface area contributed by atoms with Gasteiger partial charge in [0.1, 0.15) is 5.75 Å². The number of nitrogens with one attached hydrogen (secondary N) is 3. The third kappa shape index (κ3) is 10.2. The number of benzene rings is 1. The standard InChI is InChI=1S/C21H35N5O2.HI/c1-22-21(24-12-7-17-26-15-5-3-4-6-16-26)25-14-13-23-20(27)18-8-10-19(28-2)11-9-18;/h8-11H,3-7,12-17H2,1-2H3,(H,23,27)(H2,22,24,25);1H. The molecule has 1 aromatic carbocycles. The summed E-state index contributed by atoms with van der Waals surface area (Å²) in [7, 11) is 3.37. The number of likely N-dealkylation sites (tertiary alicyclic amines) is 1. The number of guanidine groups is 1. The van der Waals surface area contributed by atoms with E-state index >= 15 is 0 Å². The van der Waals surface area contributed by atoms with Gasteiger partial charge in [-0.1, -0.05) is 12.8 Å². The smallest absolute Gasteiger partial charge is 0.251 e. The first-order valence-electron chi connectivity index (χ1n) is 10.3. The van der Waals surface area contributed by atoms with E-state index in [1.807, 2.05) is 0 Å². The zero-order chi connectivity index (χ0) is 20.0. The summed E-state index contributed by atoms with van der Waals surface area (Å²) in [5.41, 5.74) is 0.622. The minimum Gasteiger partial charge on any atom is -0.497 e. The summed E-state index contributed by atoms with van der Waals surface area (Å²) in [6, 6.07) is 7.08. The first-order chi connectivity index (χ1) is 13.7. The summed E-state index contributed by atoms with van der Waals surface area (Å²) in [4.78, 5) is 18.9. The third-order valence-corrected chi connectivity index (χ3v) is 4.92. The molecule has 0 aliphatic carbocycles. The van der Waals surface area contributed by atoms with Gasteiger partial charge in [0.15, 0.2) is 5.96 Å². The maximum absolute atomic E-state index is 12.1. The minimum atomic E-state index is -0.0927. The van der Waals surface area contributed by atoms with E-state index in [2.05, 4.69) is 25.8 Å². The summed E-state index contributed by atoms with van der Waals surface area (Å²) in [6.45, 7) is 5.66. The number of ether oxygens (including phenoxy) is 1. The zero-order valence-electron chi connectivity index (χ0n) is 17.7. The topological polar surface area (TPSA) is 78.0 Å². The quantitative estimate of drug-likeness (QED) is 0.203. The van der Waals surface area contributed by atoms with Crippen molar-refractivity contribution in [2.75, 3.05) is 53.4 Å². The molecule has 0 spiro atoms. The molecule has 1 heterocycles. The van der Waals surface area contributed by atoms with Crippen LogP contribution in [0.2, 0.25) is 0 Å². The molecule has 1 saturated heterocycles. The number of aliphatic imine (C=N–C) groups is 1. The van der Waals surface area contributed by atoms with Crippen LogP contribution in [0.15, 0.2) is 29.3 Å². The molecule has 0 radical (unpaired) electrons. The van der Waals surface area contributed by atoms with Crippen LogP contribution in [-0.4, -0.2) is 70.2 Å². The minimum absolute atomic E-state index is 0. The molecule has 1 aliphatic rings. The number of rotatable bonds is 9. The van der Waals surface area contributed by atoms with E-state index < -0.39 is 0 Å². The summed E-state index contributed by atoms with van der Waals surface area (Å²) in [5, 5.41) is 9.48. The van der Waals surface area contributed by atoms with Crippen LogP contribution in [-0.2, 0) is 0 Å². The Balaban J connectivity index is 0.00000420. The van der Waals surface area contributed by atoms with Crippen LogP contribution < -0.4 is 20.7 Å². The Morgan fingerprint density at radius 1 is 1.00 bits per heavy atom. The fourth-order valence-corrected chi connectivity index (χ4v) is 3.29. The largest absolute Gasteiger partial charge is 0.497 e. The van der Waals surface area contributed by atoms with Crippen LogP contribution in [0.3, 0.4) is 0 Å². The predicted molar refractivity (Wildman–Crippen MR) is 130 cm³/mol. The Morgan fingerprint density at radius 3 is 2.24 bits per heavy atom. The Hall–Kier alpha value is -1.55.